The molecule has 0 N–H and O–H groups in total. The van der Waals surface area contributed by atoms with Crippen LogP contribution in [0.25, 0.3) is 0 Å². The highest BCUT2D eigenvalue weighted by molar-refractivity contribution is 5.21. The van der Waals surface area contributed by atoms with Crippen LogP contribution in [0.4, 0.5) is 0 Å². The fourth-order valence-corrected chi connectivity index (χ4v) is 3.33. The van der Waals surface area contributed by atoms with Gasteiger partial charge in [0.15, 0.2) is 0 Å². The van der Waals surface area contributed by atoms with Crippen LogP contribution < -0.4 is 9.47 Å². The van der Waals surface area contributed by atoms with Crippen molar-refractivity contribution >= 4 is 0 Å². The molecule has 1 aromatic heterocycles. The Kier molecular flexibility index (Phi) is 3.66. The summed E-state index contributed by atoms with van der Waals surface area (Å²) in [6.45, 7) is 5.53. The van der Waals surface area contributed by atoms with Gasteiger partial charge in [0.05, 0.1) is 5.76 Å². The number of piperidine rings is 1. The van der Waals surface area contributed by atoms with Crippen molar-refractivity contribution < 1.29 is 9.47 Å². The number of hydrogen-bond acceptors (Lipinski definition) is 4. The minimum atomic E-state index is 0.274. The maximum absolute atomic E-state index is 6.06. The maximum Gasteiger partial charge on any atom is 0.221 e. The number of nitrogens with zero attached hydrogens (tertiary/aromatic N) is 2. The van der Waals surface area contributed by atoms with Gasteiger partial charge in [-0.1, -0.05) is 12.6 Å². The van der Waals surface area contributed by atoms with E-state index in [0.29, 0.717) is 29.6 Å². The first-order valence-electron chi connectivity index (χ1n) is 7.31. The third-order valence-electron chi connectivity index (χ3n) is 4.32. The fraction of sp³-hybridized carbons (Fsp3) is 0.562. The third-order valence-corrected chi connectivity index (χ3v) is 4.32. The summed E-state index contributed by atoms with van der Waals surface area (Å²) in [5.74, 6) is 1.83. The van der Waals surface area contributed by atoms with Gasteiger partial charge in [-0.05, 0) is 39.7 Å². The van der Waals surface area contributed by atoms with Gasteiger partial charge < -0.3 is 14.4 Å². The van der Waals surface area contributed by atoms with Crippen LogP contribution in [0.1, 0.15) is 32.6 Å². The van der Waals surface area contributed by atoms with Gasteiger partial charge in [-0.15, -0.1) is 0 Å². The molecule has 4 nitrogen and oxygen atoms in total. The second-order valence-electron chi connectivity index (χ2n) is 5.88. The van der Waals surface area contributed by atoms with Gasteiger partial charge in [0.25, 0.3) is 0 Å². The predicted octanol–water partition coefficient (Wildman–Crippen LogP) is 3.00. The van der Waals surface area contributed by atoms with E-state index in [1.165, 1.54) is 12.8 Å². The maximum atomic E-state index is 6.06. The summed E-state index contributed by atoms with van der Waals surface area (Å²) in [6.07, 6.45) is 5.07. The molecule has 4 heteroatoms. The number of allylic oxidation sites excluding steroid dienone is 1. The second-order valence-corrected chi connectivity index (χ2v) is 5.88. The summed E-state index contributed by atoms with van der Waals surface area (Å²) in [4.78, 5) is 6.89. The Morgan fingerprint density at radius 3 is 2.55 bits per heavy atom. The molecule has 2 aliphatic rings. The van der Waals surface area contributed by atoms with Crippen molar-refractivity contribution in [1.82, 2.24) is 9.88 Å². The molecule has 0 saturated carbocycles. The highest BCUT2D eigenvalue weighted by atomic mass is 16.5. The Labute approximate surface area is 120 Å². The van der Waals surface area contributed by atoms with E-state index in [-0.39, 0.29) is 6.10 Å². The Balaban J connectivity index is 1.65. The number of pyridine rings is 1. The van der Waals surface area contributed by atoms with Crippen molar-refractivity contribution in [3.63, 3.8) is 0 Å². The normalized spacial score (nSPS) is 29.2. The van der Waals surface area contributed by atoms with E-state index in [2.05, 4.69) is 23.5 Å². The molecule has 2 fully saturated rings. The lowest BCUT2D eigenvalue weighted by Gasteiger charge is -2.36. The van der Waals surface area contributed by atoms with Crippen molar-refractivity contribution in [3.05, 3.63) is 30.5 Å². The lowest BCUT2D eigenvalue weighted by Crippen LogP contribution is -2.43. The topological polar surface area (TPSA) is 34.6 Å². The first-order chi connectivity index (χ1) is 9.61. The monoisotopic (exact) mass is 274 g/mol. The van der Waals surface area contributed by atoms with Gasteiger partial charge in [0.2, 0.25) is 11.8 Å². The average Bonchev–Trinajstić information content (AvgIpc) is 2.61. The van der Waals surface area contributed by atoms with Crippen molar-refractivity contribution in [2.45, 2.75) is 50.8 Å². The van der Waals surface area contributed by atoms with Gasteiger partial charge in [0.1, 0.15) is 6.10 Å². The van der Waals surface area contributed by atoms with Gasteiger partial charge >= 0.3 is 0 Å². The molecule has 108 valence electrons. The molecule has 1 aromatic rings. The number of rotatable bonds is 4. The van der Waals surface area contributed by atoms with Crippen LogP contribution in [0.2, 0.25) is 0 Å². The minimum absolute atomic E-state index is 0.274. The predicted molar refractivity (Wildman–Crippen MR) is 77.9 cm³/mol. The number of ether oxygens (including phenoxy) is 2. The number of aromatic nitrogens is 1. The molecule has 2 bridgehead atoms. The van der Waals surface area contributed by atoms with Gasteiger partial charge in [-0.25, -0.2) is 0 Å². The smallest absolute Gasteiger partial charge is 0.221 e. The molecule has 0 aromatic carbocycles. The number of fused-ring (bicyclic) bond motifs is 2. The van der Waals surface area contributed by atoms with Crippen LogP contribution in [-0.2, 0) is 0 Å². The van der Waals surface area contributed by atoms with Crippen LogP contribution in [-0.4, -0.2) is 35.1 Å². The van der Waals surface area contributed by atoms with E-state index in [4.69, 9.17) is 9.47 Å². The molecule has 1 unspecified atom stereocenters. The largest absolute Gasteiger partial charge is 0.474 e. The molecule has 0 aliphatic carbocycles. The fourth-order valence-electron chi connectivity index (χ4n) is 3.33. The van der Waals surface area contributed by atoms with Crippen LogP contribution in [0.3, 0.4) is 0 Å². The molecule has 2 saturated heterocycles. The van der Waals surface area contributed by atoms with Crippen molar-refractivity contribution in [2.75, 3.05) is 7.05 Å². The van der Waals surface area contributed by atoms with Crippen LogP contribution >= 0.6 is 0 Å². The molecular weight excluding hydrogens is 252 g/mol. The molecular formula is C16H22N2O2. The average molecular weight is 274 g/mol. The summed E-state index contributed by atoms with van der Waals surface area (Å²) < 4.78 is 11.5. The van der Waals surface area contributed by atoms with Crippen LogP contribution in [0.15, 0.2) is 30.5 Å². The second kappa shape index (κ2) is 5.44. The van der Waals surface area contributed by atoms with E-state index in [0.717, 1.165) is 12.8 Å². The van der Waals surface area contributed by atoms with E-state index in [1.54, 1.807) is 0 Å². The van der Waals surface area contributed by atoms with Crippen LogP contribution in [0, 0.1) is 0 Å². The first kappa shape index (κ1) is 13.4. The standard InChI is InChI=1S/C16H22N2O2/c1-11(2)19-15-5-4-6-16(17-15)20-14-9-12-7-8-13(10-14)18(12)3/h4-6,12-14H,1,7-10H2,2-3H3/t12-,13+,14?. The molecule has 3 atom stereocenters. The van der Waals surface area contributed by atoms with E-state index >= 15 is 0 Å². The zero-order valence-electron chi connectivity index (χ0n) is 12.2. The van der Waals surface area contributed by atoms with Gasteiger partial charge in [0, 0.05) is 24.2 Å². The van der Waals surface area contributed by atoms with Crippen molar-refractivity contribution in [2.24, 2.45) is 0 Å². The van der Waals surface area contributed by atoms with Gasteiger partial charge in [-0.3, -0.25) is 0 Å². The van der Waals surface area contributed by atoms with Gasteiger partial charge in [-0.2, -0.15) is 4.98 Å². The first-order valence-corrected chi connectivity index (χ1v) is 7.31. The SMILES string of the molecule is C=C(C)Oc1cccc(OC2C[C@H]3CC[C@@H](C2)N3C)n1. The highest BCUT2D eigenvalue weighted by Crippen LogP contribution is 2.35. The van der Waals surface area contributed by atoms with Crippen molar-refractivity contribution in [1.29, 1.82) is 0 Å². The van der Waals surface area contributed by atoms with E-state index < -0.39 is 0 Å². The molecule has 0 radical (unpaired) electrons. The minimum Gasteiger partial charge on any atom is -0.474 e. The Bertz CT molecular complexity index is 489. The molecule has 2 aliphatic heterocycles. The molecule has 0 amide bonds. The lowest BCUT2D eigenvalue weighted by atomic mass is 10.0. The zero-order chi connectivity index (χ0) is 14.1. The summed E-state index contributed by atoms with van der Waals surface area (Å²) >= 11 is 0. The Morgan fingerprint density at radius 1 is 1.25 bits per heavy atom. The highest BCUT2D eigenvalue weighted by Gasteiger charge is 2.39. The molecule has 20 heavy (non-hydrogen) atoms. The molecule has 0 spiro atoms. The number of hydrogen-bond donors (Lipinski definition) is 0. The van der Waals surface area contributed by atoms with Crippen LogP contribution in [0.5, 0.6) is 11.8 Å². The zero-order valence-corrected chi connectivity index (χ0v) is 12.2. The quantitative estimate of drug-likeness (QED) is 0.791. The third kappa shape index (κ3) is 2.80. The van der Waals surface area contributed by atoms with E-state index in [9.17, 15) is 0 Å². The summed E-state index contributed by atoms with van der Waals surface area (Å²) in [6, 6.07) is 6.97. The summed E-state index contributed by atoms with van der Waals surface area (Å²) in [5.41, 5.74) is 0. The summed E-state index contributed by atoms with van der Waals surface area (Å²) in [7, 11) is 2.23. The van der Waals surface area contributed by atoms with Crippen molar-refractivity contribution in [3.8, 4) is 11.8 Å². The Morgan fingerprint density at radius 2 is 1.90 bits per heavy atom. The molecule has 3 heterocycles. The molecule has 3 rings (SSSR count). The summed E-state index contributed by atoms with van der Waals surface area (Å²) in [5, 5.41) is 0. The Hall–Kier alpha value is -1.55. The lowest BCUT2D eigenvalue weighted by molar-refractivity contribution is 0.0629. The van der Waals surface area contributed by atoms with E-state index in [1.807, 2.05) is 25.1 Å².